The number of hydrogen-bond acceptors (Lipinski definition) is 3. The van der Waals surface area contributed by atoms with Crippen molar-refractivity contribution < 1.29 is 19.8 Å². The molecule has 94 valence electrons. The predicted octanol–water partition coefficient (Wildman–Crippen LogP) is 0.925. The van der Waals surface area contributed by atoms with Crippen molar-refractivity contribution >= 4 is 17.6 Å². The standard InChI is InChI=1S/C13H13NO4/c15-11-6-7-12(16)14(11)10-4-1-9(2-5-10)3-8-13(17)18/h1-2,4-7,11,15H,3,8H2,(H,17,18). The maximum Gasteiger partial charge on any atom is 0.303 e. The lowest BCUT2D eigenvalue weighted by molar-refractivity contribution is -0.137. The van der Waals surface area contributed by atoms with E-state index in [1.54, 1.807) is 24.3 Å². The topological polar surface area (TPSA) is 77.8 Å². The minimum atomic E-state index is -0.928. The highest BCUT2D eigenvalue weighted by atomic mass is 16.4. The third-order valence-electron chi connectivity index (χ3n) is 2.75. The lowest BCUT2D eigenvalue weighted by atomic mass is 10.1. The van der Waals surface area contributed by atoms with Gasteiger partial charge in [-0.2, -0.15) is 0 Å². The molecule has 2 rings (SSSR count). The monoisotopic (exact) mass is 247 g/mol. The van der Waals surface area contributed by atoms with Gasteiger partial charge in [-0.05, 0) is 30.2 Å². The van der Waals surface area contributed by atoms with E-state index in [1.807, 2.05) is 0 Å². The summed E-state index contributed by atoms with van der Waals surface area (Å²) in [5.41, 5.74) is 1.48. The molecule has 18 heavy (non-hydrogen) atoms. The number of nitrogens with zero attached hydrogens (tertiary/aromatic N) is 1. The molecule has 5 heteroatoms. The largest absolute Gasteiger partial charge is 0.481 e. The quantitative estimate of drug-likeness (QED) is 0.829. The van der Waals surface area contributed by atoms with Gasteiger partial charge in [0.25, 0.3) is 5.91 Å². The average molecular weight is 247 g/mol. The fraction of sp³-hybridized carbons (Fsp3) is 0.231. The van der Waals surface area contributed by atoms with Crippen LogP contribution in [0.15, 0.2) is 36.4 Å². The lowest BCUT2D eigenvalue weighted by Gasteiger charge is -2.20. The number of aliphatic hydroxyl groups excluding tert-OH is 1. The van der Waals surface area contributed by atoms with Crippen molar-refractivity contribution in [3.05, 3.63) is 42.0 Å². The molecule has 0 bridgehead atoms. The van der Waals surface area contributed by atoms with E-state index in [0.29, 0.717) is 12.1 Å². The molecule has 1 heterocycles. The van der Waals surface area contributed by atoms with Crippen LogP contribution in [-0.2, 0) is 16.0 Å². The Labute approximate surface area is 104 Å². The lowest BCUT2D eigenvalue weighted by Crippen LogP contribution is -2.33. The molecule has 0 aromatic heterocycles. The average Bonchev–Trinajstić information content (AvgIpc) is 2.67. The summed E-state index contributed by atoms with van der Waals surface area (Å²) < 4.78 is 0. The number of amides is 1. The Morgan fingerprint density at radius 3 is 2.44 bits per heavy atom. The molecule has 1 unspecified atom stereocenters. The van der Waals surface area contributed by atoms with Crippen molar-refractivity contribution in [2.75, 3.05) is 4.90 Å². The Kier molecular flexibility index (Phi) is 3.43. The number of aliphatic carboxylic acids is 1. The second kappa shape index (κ2) is 5.01. The van der Waals surface area contributed by atoms with Crippen molar-refractivity contribution in [3.63, 3.8) is 0 Å². The van der Waals surface area contributed by atoms with Crippen LogP contribution in [0.3, 0.4) is 0 Å². The molecule has 1 atom stereocenters. The number of carboxylic acids is 1. The molecule has 5 nitrogen and oxygen atoms in total. The fourth-order valence-electron chi connectivity index (χ4n) is 1.82. The van der Waals surface area contributed by atoms with E-state index in [2.05, 4.69) is 0 Å². The number of carbonyl (C=O) groups excluding carboxylic acids is 1. The molecule has 0 saturated carbocycles. The molecule has 0 radical (unpaired) electrons. The minimum absolute atomic E-state index is 0.0756. The summed E-state index contributed by atoms with van der Waals surface area (Å²) in [5.74, 6) is -1.10. The highest BCUT2D eigenvalue weighted by Gasteiger charge is 2.24. The molecule has 1 aliphatic rings. The number of aliphatic hydroxyl groups is 1. The number of hydrogen-bond donors (Lipinski definition) is 2. The second-order valence-corrected chi connectivity index (χ2v) is 4.04. The molecule has 0 saturated heterocycles. The Morgan fingerprint density at radius 2 is 1.94 bits per heavy atom. The molecular weight excluding hydrogens is 234 g/mol. The molecule has 1 aromatic carbocycles. The molecule has 1 aromatic rings. The molecule has 0 fully saturated rings. The number of anilines is 1. The van der Waals surface area contributed by atoms with Crippen LogP contribution in [0.5, 0.6) is 0 Å². The summed E-state index contributed by atoms with van der Waals surface area (Å²) in [6.45, 7) is 0. The van der Waals surface area contributed by atoms with Crippen LogP contribution in [0, 0.1) is 0 Å². The highest BCUT2D eigenvalue weighted by Crippen LogP contribution is 2.22. The maximum atomic E-state index is 11.5. The summed E-state index contributed by atoms with van der Waals surface area (Å²) >= 11 is 0. The third-order valence-corrected chi connectivity index (χ3v) is 2.75. The maximum absolute atomic E-state index is 11.5. The number of carbonyl (C=O) groups is 2. The summed E-state index contributed by atoms with van der Waals surface area (Å²) in [4.78, 5) is 23.2. The molecule has 2 N–H and O–H groups in total. The van der Waals surface area contributed by atoms with Gasteiger partial charge in [-0.3, -0.25) is 14.5 Å². The van der Waals surface area contributed by atoms with E-state index >= 15 is 0 Å². The summed E-state index contributed by atoms with van der Waals surface area (Å²) in [5, 5.41) is 18.2. The number of aryl methyl sites for hydroxylation is 1. The number of benzene rings is 1. The Morgan fingerprint density at radius 1 is 1.28 bits per heavy atom. The molecule has 0 spiro atoms. The van der Waals surface area contributed by atoms with Crippen LogP contribution < -0.4 is 4.90 Å². The zero-order valence-corrected chi connectivity index (χ0v) is 9.61. The van der Waals surface area contributed by atoms with Crippen LogP contribution >= 0.6 is 0 Å². The van der Waals surface area contributed by atoms with E-state index < -0.39 is 12.2 Å². The Bertz CT molecular complexity index is 492. The van der Waals surface area contributed by atoms with E-state index in [-0.39, 0.29) is 12.3 Å². The normalized spacial score (nSPS) is 18.4. The van der Waals surface area contributed by atoms with Crippen LogP contribution in [-0.4, -0.2) is 28.3 Å². The van der Waals surface area contributed by atoms with Crippen molar-refractivity contribution in [1.82, 2.24) is 0 Å². The first-order valence-corrected chi connectivity index (χ1v) is 5.58. The van der Waals surface area contributed by atoms with E-state index in [4.69, 9.17) is 5.11 Å². The molecule has 1 amide bonds. The molecular formula is C13H13NO4. The van der Waals surface area contributed by atoms with Gasteiger partial charge >= 0.3 is 5.97 Å². The minimum Gasteiger partial charge on any atom is -0.481 e. The van der Waals surface area contributed by atoms with E-state index in [9.17, 15) is 14.7 Å². The van der Waals surface area contributed by atoms with Gasteiger partial charge in [-0.15, -0.1) is 0 Å². The van der Waals surface area contributed by atoms with Gasteiger partial charge in [-0.25, -0.2) is 0 Å². The highest BCUT2D eigenvalue weighted by molar-refractivity contribution is 6.04. The van der Waals surface area contributed by atoms with Crippen molar-refractivity contribution in [3.8, 4) is 0 Å². The van der Waals surface area contributed by atoms with E-state index in [0.717, 1.165) is 5.56 Å². The number of rotatable bonds is 4. The summed E-state index contributed by atoms with van der Waals surface area (Å²) in [6, 6.07) is 6.92. The first-order valence-electron chi connectivity index (χ1n) is 5.58. The first kappa shape index (κ1) is 12.3. The third kappa shape index (κ3) is 2.57. The van der Waals surface area contributed by atoms with E-state index in [1.165, 1.54) is 17.1 Å². The zero-order valence-electron chi connectivity index (χ0n) is 9.61. The first-order chi connectivity index (χ1) is 8.58. The summed E-state index contributed by atoms with van der Waals surface area (Å²) in [7, 11) is 0. The fourth-order valence-corrected chi connectivity index (χ4v) is 1.82. The van der Waals surface area contributed by atoms with Crippen molar-refractivity contribution in [2.24, 2.45) is 0 Å². The van der Waals surface area contributed by atoms with Gasteiger partial charge in [0, 0.05) is 18.2 Å². The van der Waals surface area contributed by atoms with Crippen LogP contribution in [0.1, 0.15) is 12.0 Å². The molecule has 1 aliphatic heterocycles. The van der Waals surface area contributed by atoms with Gasteiger partial charge in [0.15, 0.2) is 6.23 Å². The van der Waals surface area contributed by atoms with Gasteiger partial charge in [0.05, 0.1) is 0 Å². The van der Waals surface area contributed by atoms with Crippen LogP contribution in [0.25, 0.3) is 0 Å². The van der Waals surface area contributed by atoms with Gasteiger partial charge in [0.1, 0.15) is 0 Å². The molecule has 0 aliphatic carbocycles. The van der Waals surface area contributed by atoms with Crippen LogP contribution in [0.2, 0.25) is 0 Å². The van der Waals surface area contributed by atoms with Crippen LogP contribution in [0.4, 0.5) is 5.69 Å². The Balaban J connectivity index is 2.08. The van der Waals surface area contributed by atoms with Crippen molar-refractivity contribution in [1.29, 1.82) is 0 Å². The van der Waals surface area contributed by atoms with Gasteiger partial charge in [0.2, 0.25) is 0 Å². The zero-order chi connectivity index (χ0) is 13.1. The van der Waals surface area contributed by atoms with Crippen molar-refractivity contribution in [2.45, 2.75) is 19.1 Å². The van der Waals surface area contributed by atoms with Gasteiger partial charge in [-0.1, -0.05) is 12.1 Å². The number of carboxylic acid groups (broad SMARTS) is 1. The Hall–Kier alpha value is -2.14. The summed E-state index contributed by atoms with van der Waals surface area (Å²) in [6.07, 6.45) is 2.34. The smallest absolute Gasteiger partial charge is 0.303 e. The second-order valence-electron chi connectivity index (χ2n) is 4.04. The predicted molar refractivity (Wildman–Crippen MR) is 65.0 cm³/mol. The SMILES string of the molecule is O=C(O)CCc1ccc(N2C(=O)C=CC2O)cc1. The van der Waals surface area contributed by atoms with Gasteiger partial charge < -0.3 is 10.2 Å².